The lowest BCUT2D eigenvalue weighted by Gasteiger charge is -2.18. The molecule has 1 saturated heterocycles. The predicted octanol–water partition coefficient (Wildman–Crippen LogP) is 4.95. The van der Waals surface area contributed by atoms with Crippen molar-refractivity contribution in [2.45, 2.75) is 42.4 Å². The van der Waals surface area contributed by atoms with Gasteiger partial charge in [0.15, 0.2) is 6.61 Å². The van der Waals surface area contributed by atoms with Gasteiger partial charge in [-0.1, -0.05) is 35.5 Å². The van der Waals surface area contributed by atoms with Crippen molar-refractivity contribution in [2.75, 3.05) is 11.5 Å². The molecule has 5 rings (SSSR count). The van der Waals surface area contributed by atoms with E-state index in [2.05, 4.69) is 11.1 Å². The molecule has 2 heterocycles. The van der Waals surface area contributed by atoms with Crippen LogP contribution in [0.3, 0.4) is 0 Å². The first kappa shape index (κ1) is 26.6. The molecule has 3 aromatic rings. The minimum absolute atomic E-state index is 0.0267. The van der Waals surface area contributed by atoms with E-state index in [9.17, 15) is 24.4 Å². The highest BCUT2D eigenvalue weighted by Crippen LogP contribution is 2.36. The molecule has 0 spiro atoms. The van der Waals surface area contributed by atoms with Crippen LogP contribution in [-0.4, -0.2) is 40.4 Å². The summed E-state index contributed by atoms with van der Waals surface area (Å²) in [6.07, 6.45) is 3.79. The highest BCUT2D eigenvalue weighted by Gasteiger charge is 2.41. The Bertz CT molecular complexity index is 1530. The molecule has 1 aromatic heterocycles. The molecule has 0 bridgehead atoms. The van der Waals surface area contributed by atoms with Crippen LogP contribution in [0.1, 0.15) is 56.8 Å². The zero-order valence-electron chi connectivity index (χ0n) is 20.7. The highest BCUT2D eigenvalue weighted by molar-refractivity contribution is 8.00. The Hall–Kier alpha value is -4.00. The molecule has 39 heavy (non-hydrogen) atoms. The van der Waals surface area contributed by atoms with Gasteiger partial charge in [0.05, 0.1) is 27.1 Å². The normalized spacial score (nSPS) is 16.5. The first-order valence-corrected chi connectivity index (χ1v) is 13.6. The number of halogens is 1. The molecule has 0 N–H and O–H groups in total. The minimum Gasteiger partial charge on any atom is -0.454 e. The number of amides is 2. The number of nitriles is 1. The van der Waals surface area contributed by atoms with E-state index in [1.165, 1.54) is 24.3 Å². The molecule has 2 amide bonds. The number of benzene rings is 2. The third-order valence-electron chi connectivity index (χ3n) is 6.62. The van der Waals surface area contributed by atoms with E-state index in [4.69, 9.17) is 16.3 Å². The molecule has 1 fully saturated rings. The SMILES string of the molecule is N#Cc1cc2c(nc1SC1CC(=O)N(c3ccc(C(=O)OCC(=O)c4ccccc4Cl)cc3)C1=O)CCCC2. The zero-order valence-corrected chi connectivity index (χ0v) is 22.3. The Balaban J connectivity index is 1.25. The van der Waals surface area contributed by atoms with Gasteiger partial charge in [-0.3, -0.25) is 14.4 Å². The van der Waals surface area contributed by atoms with E-state index in [1.54, 1.807) is 24.3 Å². The second-order valence-electron chi connectivity index (χ2n) is 9.17. The molecule has 1 aliphatic heterocycles. The maximum absolute atomic E-state index is 13.2. The van der Waals surface area contributed by atoms with Crippen LogP contribution in [0.2, 0.25) is 5.02 Å². The van der Waals surface area contributed by atoms with Gasteiger partial charge in [-0.25, -0.2) is 14.7 Å². The number of carbonyl (C=O) groups is 4. The Kier molecular flexibility index (Phi) is 7.77. The maximum atomic E-state index is 13.2. The molecule has 2 aromatic carbocycles. The fourth-order valence-corrected chi connectivity index (χ4v) is 5.95. The quantitative estimate of drug-likeness (QED) is 0.227. The summed E-state index contributed by atoms with van der Waals surface area (Å²) in [7, 11) is 0. The second-order valence-corrected chi connectivity index (χ2v) is 10.8. The molecule has 8 nitrogen and oxygen atoms in total. The number of ketones is 1. The zero-order chi connectivity index (χ0) is 27.5. The summed E-state index contributed by atoms with van der Waals surface area (Å²) in [5.74, 6) is -1.95. The van der Waals surface area contributed by atoms with E-state index in [-0.39, 0.29) is 28.5 Å². The number of pyridine rings is 1. The van der Waals surface area contributed by atoms with E-state index >= 15 is 0 Å². The van der Waals surface area contributed by atoms with Gasteiger partial charge in [0, 0.05) is 17.7 Å². The van der Waals surface area contributed by atoms with Crippen LogP contribution in [0.15, 0.2) is 59.6 Å². The van der Waals surface area contributed by atoms with Crippen LogP contribution in [0.5, 0.6) is 0 Å². The largest absolute Gasteiger partial charge is 0.454 e. The Morgan fingerprint density at radius 3 is 2.59 bits per heavy atom. The van der Waals surface area contributed by atoms with Crippen LogP contribution < -0.4 is 4.90 Å². The molecule has 0 radical (unpaired) electrons. The number of imide groups is 1. The number of thioether (sulfide) groups is 1. The molecule has 196 valence electrons. The third kappa shape index (κ3) is 5.58. The minimum atomic E-state index is -0.725. The number of fused-ring (bicyclic) bond motifs is 1. The van der Waals surface area contributed by atoms with E-state index in [0.717, 1.165) is 53.6 Å². The van der Waals surface area contributed by atoms with Crippen molar-refractivity contribution >= 4 is 52.6 Å². The number of aryl methyl sites for hydroxylation is 2. The molecule has 1 atom stereocenters. The lowest BCUT2D eigenvalue weighted by atomic mass is 9.95. The van der Waals surface area contributed by atoms with Crippen LogP contribution >= 0.6 is 23.4 Å². The lowest BCUT2D eigenvalue weighted by molar-refractivity contribution is -0.121. The number of hydrogen-bond donors (Lipinski definition) is 0. The summed E-state index contributed by atoms with van der Waals surface area (Å²) < 4.78 is 5.12. The van der Waals surface area contributed by atoms with E-state index in [1.807, 2.05) is 6.07 Å². The van der Waals surface area contributed by atoms with Crippen LogP contribution in [-0.2, 0) is 27.2 Å². The van der Waals surface area contributed by atoms with Crippen LogP contribution in [0.4, 0.5) is 5.69 Å². The fraction of sp³-hybridized carbons (Fsp3) is 0.241. The topological polar surface area (TPSA) is 117 Å². The molecule has 2 aliphatic rings. The van der Waals surface area contributed by atoms with E-state index in [0.29, 0.717) is 16.3 Å². The van der Waals surface area contributed by atoms with Crippen molar-refractivity contribution < 1.29 is 23.9 Å². The summed E-state index contributed by atoms with van der Waals surface area (Å²) in [5.41, 5.74) is 3.17. The number of esters is 1. The van der Waals surface area contributed by atoms with Gasteiger partial charge in [0.1, 0.15) is 11.1 Å². The van der Waals surface area contributed by atoms with Gasteiger partial charge in [-0.15, -0.1) is 0 Å². The third-order valence-corrected chi connectivity index (χ3v) is 8.13. The number of Topliss-reactive ketones (excluding diaryl/α,β-unsaturated/α-hetero) is 1. The molecule has 0 saturated carbocycles. The predicted molar refractivity (Wildman–Crippen MR) is 145 cm³/mol. The first-order chi connectivity index (χ1) is 18.9. The van der Waals surface area contributed by atoms with Crippen LogP contribution in [0.25, 0.3) is 0 Å². The Labute approximate surface area is 233 Å². The van der Waals surface area contributed by atoms with Crippen molar-refractivity contribution in [3.05, 3.63) is 87.6 Å². The number of nitrogens with zero attached hydrogens (tertiary/aromatic N) is 3. The number of carbonyl (C=O) groups excluding carboxylic acids is 4. The summed E-state index contributed by atoms with van der Waals surface area (Å²) in [4.78, 5) is 56.5. The average Bonchev–Trinajstić information content (AvgIpc) is 3.23. The molecule has 1 aliphatic carbocycles. The summed E-state index contributed by atoms with van der Waals surface area (Å²) in [5, 5.41) is 9.65. The Morgan fingerprint density at radius 1 is 1.10 bits per heavy atom. The standard InChI is InChI=1S/C29H22ClN3O5S/c30-22-7-3-2-6-21(22)24(34)16-38-29(37)17-9-11-20(12-10-17)33-26(35)14-25(28(33)36)39-27-19(15-31)13-18-5-1-4-8-23(18)32-27/h2-3,6-7,9-13,25H,1,4-5,8,14,16H2. The molecular formula is C29H22ClN3O5S. The van der Waals surface area contributed by atoms with Crippen LogP contribution in [0, 0.1) is 11.3 Å². The second kappa shape index (κ2) is 11.4. The van der Waals surface area contributed by atoms with Crippen molar-refractivity contribution in [3.8, 4) is 6.07 Å². The molecular weight excluding hydrogens is 538 g/mol. The Morgan fingerprint density at radius 2 is 1.85 bits per heavy atom. The summed E-state index contributed by atoms with van der Waals surface area (Å²) in [6, 6.07) is 16.3. The lowest BCUT2D eigenvalue weighted by Crippen LogP contribution is -2.31. The number of anilines is 1. The van der Waals surface area contributed by atoms with Crippen molar-refractivity contribution in [1.29, 1.82) is 5.26 Å². The average molecular weight is 560 g/mol. The van der Waals surface area contributed by atoms with E-state index < -0.39 is 29.5 Å². The van der Waals surface area contributed by atoms with Crippen molar-refractivity contribution in [1.82, 2.24) is 4.98 Å². The summed E-state index contributed by atoms with van der Waals surface area (Å²) in [6.45, 7) is -0.478. The number of aromatic nitrogens is 1. The smallest absolute Gasteiger partial charge is 0.338 e. The molecule has 10 heteroatoms. The highest BCUT2D eigenvalue weighted by atomic mass is 35.5. The molecule has 1 unspecified atom stereocenters. The van der Waals surface area contributed by atoms with Gasteiger partial charge < -0.3 is 4.74 Å². The van der Waals surface area contributed by atoms with Gasteiger partial charge in [0.2, 0.25) is 17.6 Å². The first-order valence-electron chi connectivity index (χ1n) is 12.4. The number of ether oxygens (including phenoxy) is 1. The van der Waals surface area contributed by atoms with Gasteiger partial charge in [-0.2, -0.15) is 5.26 Å². The number of hydrogen-bond acceptors (Lipinski definition) is 8. The summed E-state index contributed by atoms with van der Waals surface area (Å²) >= 11 is 7.15. The maximum Gasteiger partial charge on any atom is 0.338 e. The van der Waals surface area contributed by atoms with Gasteiger partial charge in [0.25, 0.3) is 0 Å². The monoisotopic (exact) mass is 559 g/mol. The van der Waals surface area contributed by atoms with Gasteiger partial charge >= 0.3 is 5.97 Å². The van der Waals surface area contributed by atoms with Crippen molar-refractivity contribution in [2.24, 2.45) is 0 Å². The number of rotatable bonds is 7. The van der Waals surface area contributed by atoms with Gasteiger partial charge in [-0.05, 0) is 73.7 Å². The fourth-order valence-electron chi connectivity index (χ4n) is 4.61. The van der Waals surface area contributed by atoms with Crippen molar-refractivity contribution in [3.63, 3.8) is 0 Å².